The highest BCUT2D eigenvalue weighted by molar-refractivity contribution is 7.89. The molecule has 0 amide bonds. The Morgan fingerprint density at radius 1 is 1.33 bits per heavy atom. The fourth-order valence-electron chi connectivity index (χ4n) is 1.83. The van der Waals surface area contributed by atoms with Gasteiger partial charge in [0.05, 0.1) is 4.90 Å². The standard InChI is InChI=1S/C13H22N2O2S/c1-4-5-6-11(3)15-18(16,17)13-8-10(2)7-12(14)9-13/h7-9,11,15H,4-6,14H2,1-3H3. The molecule has 0 saturated heterocycles. The number of sulfonamides is 1. The second-order valence-corrected chi connectivity index (χ2v) is 6.46. The lowest BCUT2D eigenvalue weighted by Gasteiger charge is -2.14. The van der Waals surface area contributed by atoms with Gasteiger partial charge in [-0.1, -0.05) is 19.8 Å². The lowest BCUT2D eigenvalue weighted by molar-refractivity contribution is 0.534. The highest BCUT2D eigenvalue weighted by Crippen LogP contribution is 2.17. The van der Waals surface area contributed by atoms with Crippen LogP contribution in [-0.4, -0.2) is 14.5 Å². The van der Waals surface area contributed by atoms with Crippen LogP contribution in [0.15, 0.2) is 23.1 Å². The summed E-state index contributed by atoms with van der Waals surface area (Å²) in [4.78, 5) is 0.239. The fourth-order valence-corrected chi connectivity index (χ4v) is 3.25. The summed E-state index contributed by atoms with van der Waals surface area (Å²) < 4.78 is 27.0. The number of nitrogens with two attached hydrogens (primary N) is 1. The maximum Gasteiger partial charge on any atom is 0.240 e. The molecule has 0 radical (unpaired) electrons. The average molecular weight is 270 g/mol. The number of rotatable bonds is 6. The molecule has 0 heterocycles. The van der Waals surface area contributed by atoms with E-state index in [-0.39, 0.29) is 10.9 Å². The summed E-state index contributed by atoms with van der Waals surface area (Å²) in [5.74, 6) is 0. The minimum atomic E-state index is -3.46. The van der Waals surface area contributed by atoms with Gasteiger partial charge in [0.2, 0.25) is 10.0 Å². The minimum Gasteiger partial charge on any atom is -0.399 e. The zero-order valence-corrected chi connectivity index (χ0v) is 12.0. The predicted octanol–water partition coefficient (Wildman–Crippen LogP) is 2.43. The Kier molecular flexibility index (Phi) is 5.16. The first-order valence-corrected chi connectivity index (χ1v) is 7.73. The Morgan fingerprint density at radius 2 is 2.00 bits per heavy atom. The van der Waals surface area contributed by atoms with Crippen molar-refractivity contribution in [2.75, 3.05) is 5.73 Å². The molecular formula is C13H22N2O2S. The number of nitrogens with one attached hydrogen (secondary N) is 1. The fraction of sp³-hybridized carbons (Fsp3) is 0.538. The second kappa shape index (κ2) is 6.20. The maximum absolute atomic E-state index is 12.1. The van der Waals surface area contributed by atoms with Crippen molar-refractivity contribution in [3.05, 3.63) is 23.8 Å². The molecule has 0 fully saturated rings. The second-order valence-electron chi connectivity index (χ2n) is 4.74. The summed E-state index contributed by atoms with van der Waals surface area (Å²) in [6, 6.07) is 4.81. The number of benzene rings is 1. The largest absolute Gasteiger partial charge is 0.399 e. The molecule has 0 aromatic heterocycles. The molecule has 3 N–H and O–H groups in total. The third kappa shape index (κ3) is 4.31. The first-order valence-electron chi connectivity index (χ1n) is 6.24. The average Bonchev–Trinajstić information content (AvgIpc) is 2.24. The van der Waals surface area contributed by atoms with Crippen molar-refractivity contribution in [3.8, 4) is 0 Å². The Labute approximate surface area is 110 Å². The van der Waals surface area contributed by atoms with Crippen LogP contribution < -0.4 is 10.5 Å². The van der Waals surface area contributed by atoms with Gasteiger partial charge in [0, 0.05) is 11.7 Å². The summed E-state index contributed by atoms with van der Waals surface area (Å²) in [7, 11) is -3.46. The number of unbranched alkanes of at least 4 members (excludes halogenated alkanes) is 1. The monoisotopic (exact) mass is 270 g/mol. The predicted molar refractivity (Wildman–Crippen MR) is 74.9 cm³/mol. The van der Waals surface area contributed by atoms with Crippen molar-refractivity contribution in [1.29, 1.82) is 0 Å². The van der Waals surface area contributed by atoms with E-state index in [9.17, 15) is 8.42 Å². The summed E-state index contributed by atoms with van der Waals surface area (Å²) in [5, 5.41) is 0. The van der Waals surface area contributed by atoms with Gasteiger partial charge in [-0.3, -0.25) is 0 Å². The van der Waals surface area contributed by atoms with Gasteiger partial charge in [0.1, 0.15) is 0 Å². The van der Waals surface area contributed by atoms with Crippen LogP contribution in [0.1, 0.15) is 38.7 Å². The Balaban J connectivity index is 2.86. The van der Waals surface area contributed by atoms with E-state index in [1.165, 1.54) is 6.07 Å². The van der Waals surface area contributed by atoms with Crippen molar-refractivity contribution >= 4 is 15.7 Å². The van der Waals surface area contributed by atoms with Crippen molar-refractivity contribution < 1.29 is 8.42 Å². The normalized spacial score (nSPS) is 13.5. The maximum atomic E-state index is 12.1. The van der Waals surface area contributed by atoms with Gasteiger partial charge < -0.3 is 5.73 Å². The molecular weight excluding hydrogens is 248 g/mol. The topological polar surface area (TPSA) is 72.2 Å². The zero-order valence-electron chi connectivity index (χ0n) is 11.2. The number of hydrogen-bond donors (Lipinski definition) is 2. The lowest BCUT2D eigenvalue weighted by atomic mass is 10.2. The van der Waals surface area contributed by atoms with Crippen LogP contribution in [0.5, 0.6) is 0 Å². The van der Waals surface area contributed by atoms with Crippen LogP contribution in [0, 0.1) is 6.92 Å². The summed E-state index contributed by atoms with van der Waals surface area (Å²) in [6.45, 7) is 5.80. The molecule has 0 aliphatic rings. The van der Waals surface area contributed by atoms with Crippen molar-refractivity contribution in [3.63, 3.8) is 0 Å². The van der Waals surface area contributed by atoms with E-state index in [0.29, 0.717) is 5.69 Å². The smallest absolute Gasteiger partial charge is 0.240 e. The first kappa shape index (κ1) is 15.0. The highest BCUT2D eigenvalue weighted by Gasteiger charge is 2.17. The molecule has 1 aromatic rings. The molecule has 1 unspecified atom stereocenters. The van der Waals surface area contributed by atoms with Gasteiger partial charge in [-0.2, -0.15) is 0 Å². The molecule has 0 bridgehead atoms. The van der Waals surface area contributed by atoms with Crippen molar-refractivity contribution in [2.24, 2.45) is 0 Å². The molecule has 1 atom stereocenters. The van der Waals surface area contributed by atoms with E-state index in [2.05, 4.69) is 11.6 Å². The number of aryl methyl sites for hydroxylation is 1. The minimum absolute atomic E-state index is 0.0586. The van der Waals surface area contributed by atoms with E-state index in [1.807, 2.05) is 13.8 Å². The number of hydrogen-bond acceptors (Lipinski definition) is 3. The van der Waals surface area contributed by atoms with Crippen molar-refractivity contribution in [2.45, 2.75) is 51.0 Å². The van der Waals surface area contributed by atoms with E-state index >= 15 is 0 Å². The molecule has 0 aliphatic heterocycles. The zero-order chi connectivity index (χ0) is 13.8. The lowest BCUT2D eigenvalue weighted by Crippen LogP contribution is -2.32. The number of nitrogen functional groups attached to an aromatic ring is 1. The number of anilines is 1. The van der Waals surface area contributed by atoms with Gasteiger partial charge in [0.15, 0.2) is 0 Å². The van der Waals surface area contributed by atoms with Crippen LogP contribution in [0.2, 0.25) is 0 Å². The Morgan fingerprint density at radius 3 is 2.56 bits per heavy atom. The van der Waals surface area contributed by atoms with E-state index in [0.717, 1.165) is 24.8 Å². The molecule has 18 heavy (non-hydrogen) atoms. The van der Waals surface area contributed by atoms with E-state index in [1.54, 1.807) is 12.1 Å². The van der Waals surface area contributed by atoms with Gasteiger partial charge in [-0.05, 0) is 44.0 Å². The Hall–Kier alpha value is -1.07. The van der Waals surface area contributed by atoms with Crippen LogP contribution in [0.3, 0.4) is 0 Å². The Bertz CT molecular complexity index is 477. The van der Waals surface area contributed by atoms with Crippen LogP contribution in [0.25, 0.3) is 0 Å². The molecule has 1 aromatic carbocycles. The van der Waals surface area contributed by atoms with Gasteiger partial charge >= 0.3 is 0 Å². The molecule has 5 heteroatoms. The van der Waals surface area contributed by atoms with Crippen LogP contribution >= 0.6 is 0 Å². The molecule has 4 nitrogen and oxygen atoms in total. The summed E-state index contributed by atoms with van der Waals surface area (Å²) >= 11 is 0. The van der Waals surface area contributed by atoms with Gasteiger partial charge in [-0.25, -0.2) is 13.1 Å². The molecule has 1 rings (SSSR count). The highest BCUT2D eigenvalue weighted by atomic mass is 32.2. The SMILES string of the molecule is CCCCC(C)NS(=O)(=O)c1cc(C)cc(N)c1. The molecule has 102 valence electrons. The summed E-state index contributed by atoms with van der Waals surface area (Å²) in [6.07, 6.45) is 2.92. The van der Waals surface area contributed by atoms with E-state index < -0.39 is 10.0 Å². The van der Waals surface area contributed by atoms with Gasteiger partial charge in [-0.15, -0.1) is 0 Å². The molecule has 0 aliphatic carbocycles. The van der Waals surface area contributed by atoms with Crippen molar-refractivity contribution in [1.82, 2.24) is 4.72 Å². The van der Waals surface area contributed by atoms with Crippen LogP contribution in [0.4, 0.5) is 5.69 Å². The first-order chi connectivity index (χ1) is 8.35. The molecule has 0 spiro atoms. The van der Waals surface area contributed by atoms with E-state index in [4.69, 9.17) is 5.73 Å². The third-order valence-corrected chi connectivity index (χ3v) is 4.30. The molecule has 0 saturated carbocycles. The summed E-state index contributed by atoms with van der Waals surface area (Å²) in [5.41, 5.74) is 6.99. The third-order valence-electron chi connectivity index (χ3n) is 2.73. The van der Waals surface area contributed by atoms with Crippen LogP contribution in [-0.2, 0) is 10.0 Å². The quantitative estimate of drug-likeness (QED) is 0.780. The van der Waals surface area contributed by atoms with Gasteiger partial charge in [0.25, 0.3) is 0 Å².